The Morgan fingerprint density at radius 2 is 2.30 bits per heavy atom. The Morgan fingerprint density at radius 1 is 1.30 bits per heavy atom. The minimum absolute atomic E-state index is 0.896. The first kappa shape index (κ1) is 6.99. The molecule has 2 heteroatoms. The van der Waals surface area contributed by atoms with Crippen molar-refractivity contribution in [3.8, 4) is 0 Å². The zero-order chi connectivity index (χ0) is 6.81. The first-order valence-corrected chi connectivity index (χ1v) is 5.43. The monoisotopic (exact) mass is 157 g/mol. The van der Waals surface area contributed by atoms with E-state index in [9.17, 15) is 0 Å². The molecule has 0 radical (unpaired) electrons. The van der Waals surface area contributed by atoms with Crippen molar-refractivity contribution in [2.24, 2.45) is 5.92 Å². The Morgan fingerprint density at radius 3 is 3.10 bits per heavy atom. The van der Waals surface area contributed by atoms with Gasteiger partial charge in [0, 0.05) is 6.04 Å². The Hall–Kier alpha value is 0.310. The van der Waals surface area contributed by atoms with E-state index in [-0.39, 0.29) is 0 Å². The van der Waals surface area contributed by atoms with Gasteiger partial charge in [0.15, 0.2) is 0 Å². The molecule has 0 aromatic rings. The maximum atomic E-state index is 3.61. The number of fused-ring (bicyclic) bond motifs is 1. The van der Waals surface area contributed by atoms with E-state index in [0.29, 0.717) is 0 Å². The standard InChI is InChI=1S/C8H15NS/c1-4-9-8-3-2-7(8)6-10-5-1/h7-9H,1-6H2. The highest BCUT2D eigenvalue weighted by molar-refractivity contribution is 7.99. The lowest BCUT2D eigenvalue weighted by atomic mass is 9.81. The number of rotatable bonds is 0. The lowest BCUT2D eigenvalue weighted by Gasteiger charge is -2.38. The fourth-order valence-electron chi connectivity index (χ4n) is 1.73. The third-order valence-corrected chi connectivity index (χ3v) is 3.86. The van der Waals surface area contributed by atoms with E-state index in [1.54, 1.807) is 0 Å². The van der Waals surface area contributed by atoms with Crippen LogP contribution in [0.15, 0.2) is 0 Å². The van der Waals surface area contributed by atoms with Gasteiger partial charge in [-0.3, -0.25) is 0 Å². The Balaban J connectivity index is 1.83. The molecular weight excluding hydrogens is 142 g/mol. The van der Waals surface area contributed by atoms with Gasteiger partial charge in [-0.1, -0.05) is 0 Å². The fraction of sp³-hybridized carbons (Fsp3) is 1.00. The molecule has 1 nitrogen and oxygen atoms in total. The summed E-state index contributed by atoms with van der Waals surface area (Å²) in [7, 11) is 0. The molecule has 2 rings (SSSR count). The van der Waals surface area contributed by atoms with Gasteiger partial charge in [0.25, 0.3) is 0 Å². The summed E-state index contributed by atoms with van der Waals surface area (Å²) in [4.78, 5) is 0. The molecule has 1 aliphatic heterocycles. The molecule has 10 heavy (non-hydrogen) atoms. The van der Waals surface area contributed by atoms with Gasteiger partial charge in [-0.25, -0.2) is 0 Å². The van der Waals surface area contributed by atoms with Crippen LogP contribution in [0.25, 0.3) is 0 Å². The summed E-state index contributed by atoms with van der Waals surface area (Å²) >= 11 is 2.15. The van der Waals surface area contributed by atoms with Crippen molar-refractivity contribution in [3.05, 3.63) is 0 Å². The van der Waals surface area contributed by atoms with Gasteiger partial charge in [-0.2, -0.15) is 11.8 Å². The van der Waals surface area contributed by atoms with Crippen LogP contribution in [-0.4, -0.2) is 24.1 Å². The van der Waals surface area contributed by atoms with Crippen molar-refractivity contribution in [3.63, 3.8) is 0 Å². The third kappa shape index (κ3) is 1.32. The Labute approximate surface area is 67.0 Å². The molecule has 0 aromatic heterocycles. The predicted octanol–water partition coefficient (Wildman–Crippen LogP) is 1.49. The quantitative estimate of drug-likeness (QED) is 0.572. The first-order valence-electron chi connectivity index (χ1n) is 4.28. The molecule has 2 unspecified atom stereocenters. The SMILES string of the molecule is C1CNC2CCC2CSC1. The molecule has 2 atom stereocenters. The van der Waals surface area contributed by atoms with Crippen LogP contribution in [0, 0.1) is 5.92 Å². The zero-order valence-corrected chi connectivity index (χ0v) is 7.12. The minimum Gasteiger partial charge on any atom is -0.314 e. The average Bonchev–Trinajstić information content (AvgIpc) is 1.89. The van der Waals surface area contributed by atoms with Gasteiger partial charge >= 0.3 is 0 Å². The van der Waals surface area contributed by atoms with Gasteiger partial charge in [0.1, 0.15) is 0 Å². The third-order valence-electron chi connectivity index (χ3n) is 2.62. The van der Waals surface area contributed by atoms with E-state index in [4.69, 9.17) is 0 Å². The molecule has 2 aliphatic rings. The summed E-state index contributed by atoms with van der Waals surface area (Å²) in [6.45, 7) is 1.26. The average molecular weight is 157 g/mol. The number of thioether (sulfide) groups is 1. The summed E-state index contributed by atoms with van der Waals surface area (Å²) < 4.78 is 0. The molecule has 1 heterocycles. The molecule has 0 spiro atoms. The lowest BCUT2D eigenvalue weighted by molar-refractivity contribution is 0.233. The molecule has 1 N–H and O–H groups in total. The van der Waals surface area contributed by atoms with Crippen molar-refractivity contribution < 1.29 is 0 Å². The van der Waals surface area contributed by atoms with E-state index in [2.05, 4.69) is 17.1 Å². The minimum atomic E-state index is 0.896. The van der Waals surface area contributed by atoms with Crippen LogP contribution in [0.1, 0.15) is 19.3 Å². The summed E-state index contributed by atoms with van der Waals surface area (Å²) in [6, 6.07) is 0.896. The second-order valence-corrected chi connectivity index (χ2v) is 4.48. The topological polar surface area (TPSA) is 12.0 Å². The summed E-state index contributed by atoms with van der Waals surface area (Å²) in [5, 5.41) is 3.61. The van der Waals surface area contributed by atoms with E-state index in [1.165, 1.54) is 37.3 Å². The van der Waals surface area contributed by atoms with Crippen molar-refractivity contribution in [1.29, 1.82) is 0 Å². The van der Waals surface area contributed by atoms with Crippen LogP contribution in [0.4, 0.5) is 0 Å². The first-order chi connectivity index (χ1) is 4.97. The maximum Gasteiger partial charge on any atom is 0.0103 e. The van der Waals surface area contributed by atoms with Crippen LogP contribution in [0.5, 0.6) is 0 Å². The van der Waals surface area contributed by atoms with E-state index in [0.717, 1.165) is 12.0 Å². The molecule has 0 amide bonds. The maximum absolute atomic E-state index is 3.61. The molecule has 1 aliphatic carbocycles. The van der Waals surface area contributed by atoms with Crippen molar-refractivity contribution in [1.82, 2.24) is 5.32 Å². The highest BCUT2D eigenvalue weighted by Gasteiger charge is 2.30. The summed E-state index contributed by atoms with van der Waals surface area (Å²) in [6.07, 6.45) is 4.28. The Bertz CT molecular complexity index is 102. The lowest BCUT2D eigenvalue weighted by Crippen LogP contribution is -2.46. The van der Waals surface area contributed by atoms with E-state index in [1.807, 2.05) is 0 Å². The molecule has 0 bridgehead atoms. The summed E-state index contributed by atoms with van der Waals surface area (Å²) in [5.41, 5.74) is 0. The van der Waals surface area contributed by atoms with E-state index >= 15 is 0 Å². The second-order valence-electron chi connectivity index (χ2n) is 3.33. The van der Waals surface area contributed by atoms with Crippen LogP contribution < -0.4 is 5.32 Å². The van der Waals surface area contributed by atoms with Crippen LogP contribution in [0.3, 0.4) is 0 Å². The predicted molar refractivity (Wildman–Crippen MR) is 46.5 cm³/mol. The van der Waals surface area contributed by atoms with Crippen LogP contribution in [-0.2, 0) is 0 Å². The molecular formula is C8H15NS. The van der Waals surface area contributed by atoms with Gasteiger partial charge < -0.3 is 5.32 Å². The highest BCUT2D eigenvalue weighted by atomic mass is 32.2. The smallest absolute Gasteiger partial charge is 0.0103 e. The van der Waals surface area contributed by atoms with Gasteiger partial charge in [0.05, 0.1) is 0 Å². The highest BCUT2D eigenvalue weighted by Crippen LogP contribution is 2.31. The van der Waals surface area contributed by atoms with Gasteiger partial charge in [0.2, 0.25) is 0 Å². The number of nitrogens with one attached hydrogen (secondary N) is 1. The molecule has 2 fully saturated rings. The normalized spacial score (nSPS) is 40.8. The summed E-state index contributed by atoms with van der Waals surface area (Å²) in [5.74, 6) is 3.80. The van der Waals surface area contributed by atoms with Gasteiger partial charge in [-0.15, -0.1) is 0 Å². The number of hydrogen-bond donors (Lipinski definition) is 1. The second kappa shape index (κ2) is 3.14. The van der Waals surface area contributed by atoms with E-state index < -0.39 is 0 Å². The number of hydrogen-bond acceptors (Lipinski definition) is 2. The Kier molecular flexibility index (Phi) is 2.19. The molecule has 1 saturated carbocycles. The van der Waals surface area contributed by atoms with Crippen LogP contribution in [0.2, 0.25) is 0 Å². The van der Waals surface area contributed by atoms with Crippen molar-refractivity contribution in [2.75, 3.05) is 18.1 Å². The zero-order valence-electron chi connectivity index (χ0n) is 6.31. The van der Waals surface area contributed by atoms with Crippen molar-refractivity contribution >= 4 is 11.8 Å². The largest absolute Gasteiger partial charge is 0.314 e. The van der Waals surface area contributed by atoms with Crippen molar-refractivity contribution in [2.45, 2.75) is 25.3 Å². The molecule has 0 aromatic carbocycles. The fourth-order valence-corrected chi connectivity index (χ4v) is 2.95. The molecule has 58 valence electrons. The molecule has 1 saturated heterocycles. The van der Waals surface area contributed by atoms with Crippen LogP contribution >= 0.6 is 11.8 Å². The van der Waals surface area contributed by atoms with Gasteiger partial charge in [-0.05, 0) is 43.2 Å².